The first kappa shape index (κ1) is 40.8. The molecule has 0 aliphatic carbocycles. The lowest BCUT2D eigenvalue weighted by Gasteiger charge is -2.52. The molecule has 3 aromatic heterocycles. The zero-order valence-electron chi connectivity index (χ0n) is 35.0. The van der Waals surface area contributed by atoms with Crippen LogP contribution in [0.4, 0.5) is 0 Å². The first-order valence-corrected chi connectivity index (χ1v) is 21.9. The lowest BCUT2D eigenvalue weighted by atomic mass is 9.71. The van der Waals surface area contributed by atoms with Gasteiger partial charge in [-0.15, -0.1) is 10.2 Å². The van der Waals surface area contributed by atoms with Crippen molar-refractivity contribution >= 4 is 32.6 Å². The fourth-order valence-electron chi connectivity index (χ4n) is 11.2. The first-order valence-electron chi connectivity index (χ1n) is 21.9. The Morgan fingerprint density at radius 1 is 0.613 bits per heavy atom. The van der Waals surface area contributed by atoms with Crippen LogP contribution in [0.3, 0.4) is 0 Å². The van der Waals surface area contributed by atoms with Crippen LogP contribution in [0.2, 0.25) is 0 Å². The number of pyridine rings is 2. The molecule has 9 heterocycles. The largest absolute Gasteiger partial charge is 0.497 e. The van der Waals surface area contributed by atoms with Crippen molar-refractivity contribution < 1.29 is 39.4 Å². The third kappa shape index (κ3) is 7.35. The van der Waals surface area contributed by atoms with Crippen LogP contribution in [-0.2, 0) is 0 Å². The van der Waals surface area contributed by atoms with Gasteiger partial charge in [0.15, 0.2) is 0 Å². The van der Waals surface area contributed by atoms with Gasteiger partial charge in [-0.3, -0.25) is 19.8 Å². The number of piperidine rings is 6. The molecule has 14 nitrogen and oxygen atoms in total. The van der Waals surface area contributed by atoms with Crippen molar-refractivity contribution in [3.05, 3.63) is 96.3 Å². The third-order valence-corrected chi connectivity index (χ3v) is 14.4. The van der Waals surface area contributed by atoms with Crippen molar-refractivity contribution in [3.63, 3.8) is 0 Å². The molecule has 62 heavy (non-hydrogen) atoms. The van der Waals surface area contributed by atoms with Crippen molar-refractivity contribution in [2.75, 3.05) is 53.6 Å². The molecular weight excluding hydrogens is 789 g/mol. The number of aromatic nitrogens is 4. The van der Waals surface area contributed by atoms with E-state index in [2.05, 4.69) is 9.80 Å². The summed E-state index contributed by atoms with van der Waals surface area (Å²) in [6.07, 6.45) is 4.51. The van der Waals surface area contributed by atoms with Crippen molar-refractivity contribution in [1.29, 1.82) is 0 Å². The molecule has 6 aromatic rings. The smallest absolute Gasteiger partial charge is 0.242 e. The molecule has 0 spiro atoms. The predicted octanol–water partition coefficient (Wildman–Crippen LogP) is 5.11. The van der Waals surface area contributed by atoms with Gasteiger partial charge in [0.1, 0.15) is 23.7 Å². The Bertz CT molecular complexity index is 2390. The van der Waals surface area contributed by atoms with E-state index in [0.29, 0.717) is 36.3 Å². The van der Waals surface area contributed by atoms with Crippen LogP contribution >= 0.6 is 0 Å². The SMILES string of the molecule is COc1ccc2nccc([C@@H](Oc3nnc(O[C@H](c4ccnc5ccc(OC)cc45)[C@H]4C[C@@H]5CCN4C[C@@H]5C(O)CO)c4ccccc34)[C@H]3C[C@@H]4CCN3C[C@@H]4C(O)CO)c2c1. The van der Waals surface area contributed by atoms with Crippen LogP contribution in [0.5, 0.6) is 23.3 Å². The number of fused-ring (bicyclic) bond motifs is 9. The summed E-state index contributed by atoms with van der Waals surface area (Å²) in [5.74, 6) is 2.56. The molecule has 0 radical (unpaired) electrons. The molecule has 0 saturated carbocycles. The van der Waals surface area contributed by atoms with E-state index < -0.39 is 24.4 Å². The van der Waals surface area contributed by atoms with E-state index in [0.717, 1.165) is 82.5 Å². The Kier molecular flexibility index (Phi) is 11.3. The Hall–Kier alpha value is -5.22. The molecular formula is C48H54N6O8. The number of aliphatic hydroxyl groups is 4. The summed E-state index contributed by atoms with van der Waals surface area (Å²) in [6, 6.07) is 23.6. The maximum absolute atomic E-state index is 10.8. The third-order valence-electron chi connectivity index (χ3n) is 14.4. The number of benzene rings is 3. The molecule has 3 aromatic carbocycles. The van der Waals surface area contributed by atoms with Crippen LogP contribution in [0.25, 0.3) is 32.6 Å². The second-order valence-corrected chi connectivity index (χ2v) is 17.5. The predicted molar refractivity (Wildman–Crippen MR) is 232 cm³/mol. The van der Waals surface area contributed by atoms with Crippen LogP contribution in [0.15, 0.2) is 85.2 Å². The number of methoxy groups -OCH3 is 2. The van der Waals surface area contributed by atoms with E-state index in [9.17, 15) is 20.4 Å². The number of nitrogens with zero attached hydrogens (tertiary/aromatic N) is 6. The summed E-state index contributed by atoms with van der Waals surface area (Å²) in [7, 11) is 3.31. The number of hydrogen-bond donors (Lipinski definition) is 4. The highest BCUT2D eigenvalue weighted by Crippen LogP contribution is 2.48. The summed E-state index contributed by atoms with van der Waals surface area (Å²) in [6.45, 7) is 2.49. The van der Waals surface area contributed by atoms with Gasteiger partial charge in [0, 0.05) is 59.2 Å². The van der Waals surface area contributed by atoms with E-state index in [1.807, 2.05) is 85.2 Å². The van der Waals surface area contributed by atoms with Crippen molar-refractivity contribution in [2.24, 2.45) is 23.7 Å². The lowest BCUT2D eigenvalue weighted by Crippen LogP contribution is -2.58. The van der Waals surface area contributed by atoms with Gasteiger partial charge in [0.05, 0.1) is 73.5 Å². The molecule has 6 aliphatic rings. The summed E-state index contributed by atoms with van der Waals surface area (Å²) >= 11 is 0. The van der Waals surface area contributed by atoms with E-state index in [4.69, 9.17) is 39.1 Å². The summed E-state index contributed by atoms with van der Waals surface area (Å²) < 4.78 is 25.8. The second kappa shape index (κ2) is 17.2. The minimum Gasteiger partial charge on any atom is -0.497 e. The first-order chi connectivity index (χ1) is 30.3. The molecule has 6 saturated heterocycles. The van der Waals surface area contributed by atoms with Gasteiger partial charge in [-0.05, 0) is 111 Å². The van der Waals surface area contributed by atoms with Crippen molar-refractivity contribution in [2.45, 2.75) is 62.2 Å². The quantitative estimate of drug-likeness (QED) is 0.114. The van der Waals surface area contributed by atoms with Crippen LogP contribution in [0, 0.1) is 23.7 Å². The van der Waals surface area contributed by atoms with Crippen molar-refractivity contribution in [1.82, 2.24) is 30.0 Å². The maximum Gasteiger partial charge on any atom is 0.242 e. The van der Waals surface area contributed by atoms with Gasteiger partial charge in [0.25, 0.3) is 0 Å². The summed E-state index contributed by atoms with van der Waals surface area (Å²) in [4.78, 5) is 14.2. The minimum absolute atomic E-state index is 0.0233. The van der Waals surface area contributed by atoms with Gasteiger partial charge < -0.3 is 39.4 Å². The highest BCUT2D eigenvalue weighted by molar-refractivity contribution is 5.91. The summed E-state index contributed by atoms with van der Waals surface area (Å²) in [5.41, 5.74) is 3.53. The van der Waals surface area contributed by atoms with Crippen LogP contribution in [0.1, 0.15) is 49.0 Å². The highest BCUT2D eigenvalue weighted by Gasteiger charge is 2.48. The number of hydrogen-bond acceptors (Lipinski definition) is 14. The average molecular weight is 843 g/mol. The molecule has 0 amide bonds. The van der Waals surface area contributed by atoms with Gasteiger partial charge in [-0.2, -0.15) is 0 Å². The van der Waals surface area contributed by atoms with E-state index >= 15 is 0 Å². The second-order valence-electron chi connectivity index (χ2n) is 17.5. The molecule has 14 heteroatoms. The Morgan fingerprint density at radius 3 is 1.45 bits per heavy atom. The average Bonchev–Trinajstić information content (AvgIpc) is 3.34. The van der Waals surface area contributed by atoms with Gasteiger partial charge >= 0.3 is 0 Å². The molecule has 6 fully saturated rings. The normalized spacial score (nSPS) is 27.5. The molecule has 4 unspecified atom stereocenters. The van der Waals surface area contributed by atoms with E-state index in [-0.39, 0.29) is 49.0 Å². The molecule has 6 aliphatic heterocycles. The standard InChI is InChI=1S/C48H54N6O8/c1-59-29-7-9-39-35(21-29)31(11-15-49-39)45(41-19-27-13-17-53(41)23-37(27)43(57)25-55)61-47-33-5-3-4-6-34(33)48(52-51-47)62-46(32-12-16-50-40-10-8-30(60-2)22-36(32)40)42-20-28-14-18-54(42)24-38(28)44(58)26-56/h3-12,15-16,21-22,27-28,37-38,41-46,55-58H,13-14,17-20,23-26H2,1-2H3/t27-,28-,37-,38-,41+,42+,43?,44?,45+,46+/m0/s1. The lowest BCUT2D eigenvalue weighted by molar-refractivity contribution is -0.0936. The molecule has 4 N–H and O–H groups in total. The zero-order valence-corrected chi connectivity index (χ0v) is 35.0. The van der Waals surface area contributed by atoms with E-state index in [1.165, 1.54) is 0 Å². The molecule has 12 rings (SSSR count). The van der Waals surface area contributed by atoms with Crippen LogP contribution in [-0.4, -0.2) is 128 Å². The monoisotopic (exact) mass is 842 g/mol. The van der Waals surface area contributed by atoms with E-state index in [1.54, 1.807) is 14.2 Å². The Balaban J connectivity index is 1.05. The molecule has 324 valence electrons. The Morgan fingerprint density at radius 2 is 1.06 bits per heavy atom. The maximum atomic E-state index is 10.8. The number of rotatable bonds is 14. The topological polar surface area (TPSA) is 176 Å². The highest BCUT2D eigenvalue weighted by atomic mass is 16.5. The van der Waals surface area contributed by atoms with Crippen molar-refractivity contribution in [3.8, 4) is 23.3 Å². The van der Waals surface area contributed by atoms with Gasteiger partial charge in [-0.25, -0.2) is 0 Å². The van der Waals surface area contributed by atoms with Crippen LogP contribution < -0.4 is 18.9 Å². The van der Waals surface area contributed by atoms with Gasteiger partial charge in [-0.1, -0.05) is 12.1 Å². The summed E-state index contributed by atoms with van der Waals surface area (Å²) in [5, 5.41) is 54.4. The fourth-order valence-corrected chi connectivity index (χ4v) is 11.2. The minimum atomic E-state index is -0.776. The number of ether oxygens (including phenoxy) is 4. The zero-order chi connectivity index (χ0) is 42.5. The number of aliphatic hydroxyl groups excluding tert-OH is 4. The Labute approximate surface area is 360 Å². The molecule has 12 atom stereocenters. The fraction of sp³-hybridized carbons (Fsp3) is 0.458. The molecule has 4 bridgehead atoms. The van der Waals surface area contributed by atoms with Gasteiger partial charge in [0.2, 0.25) is 11.8 Å².